The third-order valence-electron chi connectivity index (χ3n) is 3.20. The van der Waals surface area contributed by atoms with E-state index in [1.54, 1.807) is 0 Å². The van der Waals surface area contributed by atoms with Crippen LogP contribution in [-0.4, -0.2) is 11.2 Å². The molecule has 3 nitrogen and oxygen atoms in total. The maximum Gasteiger partial charge on any atom is 0.417 e. The van der Waals surface area contributed by atoms with Crippen molar-refractivity contribution in [2.45, 2.75) is 6.18 Å². The van der Waals surface area contributed by atoms with Crippen LogP contribution >= 0.6 is 11.3 Å². The van der Waals surface area contributed by atoms with E-state index in [9.17, 15) is 13.2 Å². The quantitative estimate of drug-likeness (QED) is 0.515. The Morgan fingerprint density at radius 3 is 2.46 bits per heavy atom. The molecule has 0 spiro atoms. The molecule has 1 N–H and O–H groups in total. The summed E-state index contributed by atoms with van der Waals surface area (Å²) in [4.78, 5) is 4.35. The lowest BCUT2D eigenvalue weighted by atomic mass is 10.1. The molecule has 0 saturated carbocycles. The molecule has 0 fully saturated rings. The number of alkyl halides is 3. The van der Waals surface area contributed by atoms with Crippen LogP contribution in [0.4, 0.5) is 18.3 Å². The molecule has 2 aromatic carbocycles. The van der Waals surface area contributed by atoms with E-state index in [0.717, 1.165) is 23.5 Å². The highest BCUT2D eigenvalue weighted by Crippen LogP contribution is 2.31. The van der Waals surface area contributed by atoms with Crippen molar-refractivity contribution in [2.24, 2.45) is 5.10 Å². The summed E-state index contributed by atoms with van der Waals surface area (Å²) in [5.41, 5.74) is 3.70. The molecule has 0 aliphatic heterocycles. The van der Waals surface area contributed by atoms with Crippen LogP contribution < -0.4 is 5.43 Å². The van der Waals surface area contributed by atoms with E-state index < -0.39 is 11.7 Å². The van der Waals surface area contributed by atoms with Gasteiger partial charge in [0.25, 0.3) is 0 Å². The van der Waals surface area contributed by atoms with Gasteiger partial charge in [0, 0.05) is 16.5 Å². The molecule has 7 heteroatoms. The van der Waals surface area contributed by atoms with Gasteiger partial charge >= 0.3 is 6.18 Å². The third kappa shape index (κ3) is 3.80. The van der Waals surface area contributed by atoms with Crippen LogP contribution in [0.2, 0.25) is 0 Å². The van der Waals surface area contributed by atoms with Crippen molar-refractivity contribution in [2.75, 3.05) is 5.43 Å². The van der Waals surface area contributed by atoms with E-state index in [0.29, 0.717) is 5.13 Å². The van der Waals surface area contributed by atoms with Crippen molar-refractivity contribution < 1.29 is 13.2 Å². The molecule has 1 heterocycles. The van der Waals surface area contributed by atoms with Gasteiger partial charge in [-0.15, -0.1) is 11.3 Å². The SMILES string of the molecule is FC(F)(F)c1ccccc1/C=N/Nc1nc(-c2ccccc2)cs1. The first kappa shape index (κ1) is 16.2. The van der Waals surface area contributed by atoms with Crippen LogP contribution in [-0.2, 0) is 6.18 Å². The summed E-state index contributed by atoms with van der Waals surface area (Å²) in [6.07, 6.45) is -3.27. The topological polar surface area (TPSA) is 37.3 Å². The van der Waals surface area contributed by atoms with E-state index in [-0.39, 0.29) is 5.56 Å². The largest absolute Gasteiger partial charge is 0.417 e. The highest BCUT2D eigenvalue weighted by Gasteiger charge is 2.32. The molecule has 122 valence electrons. The Hall–Kier alpha value is -2.67. The molecular weight excluding hydrogens is 335 g/mol. The number of thiazole rings is 1. The standard InChI is InChI=1S/C17H12F3N3S/c18-17(19,20)14-9-5-4-8-13(14)10-21-23-16-22-15(11-24-16)12-6-2-1-3-7-12/h1-11H,(H,22,23)/b21-10+. The highest BCUT2D eigenvalue weighted by atomic mass is 32.1. The highest BCUT2D eigenvalue weighted by molar-refractivity contribution is 7.14. The number of hydrazone groups is 1. The third-order valence-corrected chi connectivity index (χ3v) is 3.95. The minimum Gasteiger partial charge on any atom is -0.253 e. The maximum atomic E-state index is 12.9. The summed E-state index contributed by atoms with van der Waals surface area (Å²) in [6, 6.07) is 14.9. The van der Waals surface area contributed by atoms with E-state index in [1.807, 2.05) is 35.7 Å². The zero-order chi connectivity index (χ0) is 17.0. The number of hydrogen-bond acceptors (Lipinski definition) is 4. The Morgan fingerprint density at radius 1 is 1.00 bits per heavy atom. The van der Waals surface area contributed by atoms with Crippen LogP contribution in [0.3, 0.4) is 0 Å². The molecule has 3 rings (SSSR count). The maximum absolute atomic E-state index is 12.9. The molecule has 0 atom stereocenters. The zero-order valence-corrected chi connectivity index (χ0v) is 13.1. The van der Waals surface area contributed by atoms with Gasteiger partial charge in [-0.25, -0.2) is 4.98 Å². The first-order valence-corrected chi connectivity index (χ1v) is 7.88. The fraction of sp³-hybridized carbons (Fsp3) is 0.0588. The molecule has 0 bridgehead atoms. The van der Waals surface area contributed by atoms with Crippen LogP contribution in [0.25, 0.3) is 11.3 Å². The minimum atomic E-state index is -4.41. The lowest BCUT2D eigenvalue weighted by molar-refractivity contribution is -0.137. The minimum absolute atomic E-state index is 0.00246. The molecule has 0 aliphatic carbocycles. The van der Waals surface area contributed by atoms with Gasteiger partial charge in [0.2, 0.25) is 5.13 Å². The predicted molar refractivity (Wildman–Crippen MR) is 90.2 cm³/mol. The second kappa shape index (κ2) is 6.84. The van der Waals surface area contributed by atoms with Gasteiger partial charge < -0.3 is 0 Å². The number of benzene rings is 2. The summed E-state index contributed by atoms with van der Waals surface area (Å²) in [5.74, 6) is 0. The van der Waals surface area contributed by atoms with E-state index in [2.05, 4.69) is 15.5 Å². The molecule has 0 radical (unpaired) electrons. The Balaban J connectivity index is 1.73. The Kier molecular flexibility index (Phi) is 4.61. The number of rotatable bonds is 4. The van der Waals surface area contributed by atoms with Gasteiger partial charge in [-0.1, -0.05) is 48.5 Å². The molecule has 0 amide bonds. The summed E-state index contributed by atoms with van der Waals surface area (Å²) < 4.78 is 38.7. The van der Waals surface area contributed by atoms with Gasteiger partial charge in [-0.3, -0.25) is 5.43 Å². The van der Waals surface area contributed by atoms with E-state index in [4.69, 9.17) is 0 Å². The zero-order valence-electron chi connectivity index (χ0n) is 12.3. The number of nitrogens with zero attached hydrogens (tertiary/aromatic N) is 2. The average molecular weight is 347 g/mol. The summed E-state index contributed by atoms with van der Waals surface area (Å²) in [5, 5.41) is 6.23. The normalized spacial score (nSPS) is 11.8. The van der Waals surface area contributed by atoms with Crippen molar-refractivity contribution >= 4 is 22.7 Å². The Labute approximate surface area is 140 Å². The average Bonchev–Trinajstić information content (AvgIpc) is 3.04. The molecule has 0 aliphatic rings. The number of halogens is 3. The monoisotopic (exact) mass is 347 g/mol. The molecule has 0 unspecified atom stereocenters. The van der Waals surface area contributed by atoms with Crippen LogP contribution in [0.15, 0.2) is 65.1 Å². The molecule has 24 heavy (non-hydrogen) atoms. The van der Waals surface area contributed by atoms with Crippen LogP contribution in [0, 0.1) is 0 Å². The molecule has 3 aromatic rings. The fourth-order valence-electron chi connectivity index (χ4n) is 2.09. The summed E-state index contributed by atoms with van der Waals surface area (Å²) in [7, 11) is 0. The van der Waals surface area contributed by atoms with Gasteiger partial charge in [0.15, 0.2) is 0 Å². The van der Waals surface area contributed by atoms with Crippen molar-refractivity contribution in [1.29, 1.82) is 0 Å². The predicted octanol–water partition coefficient (Wildman–Crippen LogP) is 5.27. The Morgan fingerprint density at radius 2 is 1.71 bits per heavy atom. The lowest BCUT2D eigenvalue weighted by Crippen LogP contribution is -2.08. The van der Waals surface area contributed by atoms with Gasteiger partial charge in [0.1, 0.15) is 0 Å². The van der Waals surface area contributed by atoms with Crippen LogP contribution in [0.1, 0.15) is 11.1 Å². The molecular formula is C17H12F3N3S. The van der Waals surface area contributed by atoms with Crippen molar-refractivity contribution in [3.63, 3.8) is 0 Å². The fourth-order valence-corrected chi connectivity index (χ4v) is 2.76. The smallest absolute Gasteiger partial charge is 0.253 e. The van der Waals surface area contributed by atoms with Gasteiger partial charge in [-0.2, -0.15) is 18.3 Å². The Bertz CT molecular complexity index is 842. The number of aromatic nitrogens is 1. The van der Waals surface area contributed by atoms with Crippen LogP contribution in [0.5, 0.6) is 0 Å². The summed E-state index contributed by atoms with van der Waals surface area (Å²) >= 11 is 1.33. The second-order valence-electron chi connectivity index (χ2n) is 4.86. The first-order chi connectivity index (χ1) is 11.5. The number of anilines is 1. The first-order valence-electron chi connectivity index (χ1n) is 7.00. The molecule has 0 saturated heterocycles. The van der Waals surface area contributed by atoms with Gasteiger partial charge in [-0.05, 0) is 6.07 Å². The summed E-state index contributed by atoms with van der Waals surface area (Å²) in [6.45, 7) is 0. The second-order valence-corrected chi connectivity index (χ2v) is 5.72. The number of nitrogens with one attached hydrogen (secondary N) is 1. The van der Waals surface area contributed by atoms with E-state index in [1.165, 1.54) is 29.5 Å². The van der Waals surface area contributed by atoms with Crippen molar-refractivity contribution in [3.05, 3.63) is 71.1 Å². The lowest BCUT2D eigenvalue weighted by Gasteiger charge is -2.08. The number of hydrogen-bond donors (Lipinski definition) is 1. The molecule has 1 aromatic heterocycles. The van der Waals surface area contributed by atoms with Gasteiger partial charge in [0.05, 0.1) is 17.5 Å². The van der Waals surface area contributed by atoms with Crippen molar-refractivity contribution in [1.82, 2.24) is 4.98 Å². The van der Waals surface area contributed by atoms with E-state index >= 15 is 0 Å². The van der Waals surface area contributed by atoms with Crippen molar-refractivity contribution in [3.8, 4) is 11.3 Å².